The highest BCUT2D eigenvalue weighted by molar-refractivity contribution is 6.32. The Kier molecular flexibility index (Phi) is 3.46. The number of hydrazone groups is 1. The molecule has 0 saturated heterocycles. The molecule has 3 nitrogen and oxygen atoms in total. The van der Waals surface area contributed by atoms with Gasteiger partial charge in [-0.25, -0.2) is 9.99 Å². The summed E-state index contributed by atoms with van der Waals surface area (Å²) >= 11 is 5.91. The van der Waals surface area contributed by atoms with Crippen molar-refractivity contribution in [3.63, 3.8) is 0 Å². The summed E-state index contributed by atoms with van der Waals surface area (Å²) in [5, 5.41) is 5.82. The van der Waals surface area contributed by atoms with E-state index in [4.69, 9.17) is 11.6 Å². The summed E-state index contributed by atoms with van der Waals surface area (Å²) in [4.78, 5) is 4.08. The molecule has 1 aromatic rings. The van der Waals surface area contributed by atoms with Crippen molar-refractivity contribution in [1.82, 2.24) is 4.98 Å². The van der Waals surface area contributed by atoms with Gasteiger partial charge in [-0.1, -0.05) is 17.7 Å². The predicted octanol–water partition coefficient (Wildman–Crippen LogP) is 2.69. The Morgan fingerprint density at radius 2 is 2.46 bits per heavy atom. The molecule has 0 radical (unpaired) electrons. The molecule has 0 amide bonds. The third-order valence-corrected chi connectivity index (χ3v) is 1.69. The van der Waals surface area contributed by atoms with Gasteiger partial charge in [0.2, 0.25) is 0 Å². The van der Waals surface area contributed by atoms with E-state index in [9.17, 15) is 0 Å². The first-order valence-electron chi connectivity index (χ1n) is 3.78. The third kappa shape index (κ3) is 2.29. The van der Waals surface area contributed by atoms with Crippen molar-refractivity contribution in [1.29, 1.82) is 0 Å². The van der Waals surface area contributed by atoms with Crippen LogP contribution in [0.2, 0.25) is 5.02 Å². The van der Waals surface area contributed by atoms with E-state index in [1.54, 1.807) is 24.5 Å². The van der Waals surface area contributed by atoms with E-state index in [2.05, 4.69) is 16.8 Å². The van der Waals surface area contributed by atoms with Crippen LogP contribution in [0, 0.1) is 0 Å². The first-order chi connectivity index (χ1) is 6.29. The lowest BCUT2D eigenvalue weighted by Crippen LogP contribution is -2.08. The van der Waals surface area contributed by atoms with Crippen molar-refractivity contribution in [3.05, 3.63) is 35.6 Å². The van der Waals surface area contributed by atoms with Gasteiger partial charge in [-0.3, -0.25) is 0 Å². The van der Waals surface area contributed by atoms with E-state index >= 15 is 0 Å². The predicted molar refractivity (Wildman–Crippen MR) is 56.1 cm³/mol. The maximum Gasteiger partial charge on any atom is 0.172 e. The van der Waals surface area contributed by atoms with Crippen molar-refractivity contribution >= 4 is 24.1 Å². The van der Waals surface area contributed by atoms with Crippen LogP contribution in [-0.4, -0.2) is 11.7 Å². The lowest BCUT2D eigenvalue weighted by atomic mass is 10.4. The Morgan fingerprint density at radius 3 is 3.00 bits per heavy atom. The molecule has 0 aliphatic rings. The van der Waals surface area contributed by atoms with Crippen molar-refractivity contribution in [2.45, 2.75) is 6.92 Å². The molecule has 0 aromatic carbocycles. The topological polar surface area (TPSA) is 28.5 Å². The molecule has 0 spiro atoms. The molecule has 1 heterocycles. The molecule has 0 aliphatic heterocycles. The molecular weight excluding hydrogens is 186 g/mol. The van der Waals surface area contributed by atoms with Crippen LogP contribution in [0.5, 0.6) is 0 Å². The van der Waals surface area contributed by atoms with Crippen LogP contribution < -0.4 is 5.01 Å². The smallest absolute Gasteiger partial charge is 0.172 e. The summed E-state index contributed by atoms with van der Waals surface area (Å²) in [6, 6.07) is 3.52. The molecule has 0 saturated carbocycles. The normalized spacial score (nSPS) is 10.3. The van der Waals surface area contributed by atoms with E-state index in [1.807, 2.05) is 13.0 Å². The monoisotopic (exact) mass is 195 g/mol. The number of nitrogens with zero attached hydrogens (tertiary/aromatic N) is 3. The zero-order chi connectivity index (χ0) is 9.68. The van der Waals surface area contributed by atoms with E-state index in [0.29, 0.717) is 10.8 Å². The highest BCUT2D eigenvalue weighted by atomic mass is 35.5. The van der Waals surface area contributed by atoms with Crippen LogP contribution in [0.1, 0.15) is 6.92 Å². The molecule has 0 N–H and O–H groups in total. The lowest BCUT2D eigenvalue weighted by molar-refractivity contribution is 1.04. The average Bonchev–Trinajstić information content (AvgIpc) is 2.16. The number of rotatable bonds is 3. The van der Waals surface area contributed by atoms with Gasteiger partial charge in [-0.05, 0) is 19.1 Å². The summed E-state index contributed by atoms with van der Waals surface area (Å²) in [7, 11) is 0. The molecular formula is C9H10ClN3. The van der Waals surface area contributed by atoms with Crippen molar-refractivity contribution in [3.8, 4) is 0 Å². The van der Waals surface area contributed by atoms with Gasteiger partial charge in [0.25, 0.3) is 0 Å². The fourth-order valence-electron chi connectivity index (χ4n) is 0.872. The van der Waals surface area contributed by atoms with E-state index in [1.165, 1.54) is 5.01 Å². The van der Waals surface area contributed by atoms with Crippen molar-refractivity contribution in [2.75, 3.05) is 5.01 Å². The Bertz CT molecular complexity index is 322. The number of pyridine rings is 1. The van der Waals surface area contributed by atoms with Gasteiger partial charge in [0, 0.05) is 19.1 Å². The number of anilines is 1. The number of allylic oxidation sites excluding steroid dienone is 1. The second-order valence-electron chi connectivity index (χ2n) is 2.28. The molecule has 1 aromatic heterocycles. The van der Waals surface area contributed by atoms with Crippen molar-refractivity contribution in [2.24, 2.45) is 5.10 Å². The van der Waals surface area contributed by atoms with Crippen LogP contribution >= 0.6 is 11.6 Å². The zero-order valence-electron chi connectivity index (χ0n) is 7.31. The zero-order valence-corrected chi connectivity index (χ0v) is 8.07. The molecule has 4 heteroatoms. The fraction of sp³-hybridized carbons (Fsp3) is 0.111. The van der Waals surface area contributed by atoms with Crippen LogP contribution in [-0.2, 0) is 0 Å². The number of aromatic nitrogens is 1. The highest BCUT2D eigenvalue weighted by Gasteiger charge is 2.05. The van der Waals surface area contributed by atoms with Gasteiger partial charge in [0.15, 0.2) is 5.82 Å². The molecule has 0 aliphatic carbocycles. The summed E-state index contributed by atoms with van der Waals surface area (Å²) in [6.07, 6.45) is 5.23. The van der Waals surface area contributed by atoms with Crippen LogP contribution in [0.15, 0.2) is 35.7 Å². The highest BCUT2D eigenvalue weighted by Crippen LogP contribution is 2.22. The quantitative estimate of drug-likeness (QED) is 0.548. The van der Waals surface area contributed by atoms with E-state index in [-0.39, 0.29) is 0 Å². The van der Waals surface area contributed by atoms with Gasteiger partial charge in [0.1, 0.15) is 0 Å². The number of hydrogen-bond donors (Lipinski definition) is 0. The van der Waals surface area contributed by atoms with Gasteiger partial charge in [-0.2, -0.15) is 5.10 Å². The van der Waals surface area contributed by atoms with Crippen LogP contribution in [0.25, 0.3) is 0 Å². The Hall–Kier alpha value is -1.35. The van der Waals surface area contributed by atoms with Gasteiger partial charge in [0.05, 0.1) is 5.02 Å². The molecule has 0 bridgehead atoms. The minimum absolute atomic E-state index is 0.549. The molecule has 13 heavy (non-hydrogen) atoms. The fourth-order valence-corrected chi connectivity index (χ4v) is 1.08. The first kappa shape index (κ1) is 9.74. The first-order valence-corrected chi connectivity index (χ1v) is 4.16. The van der Waals surface area contributed by atoms with Crippen molar-refractivity contribution < 1.29 is 0 Å². The maximum absolute atomic E-state index is 5.91. The molecule has 0 atom stereocenters. The Labute approximate surface area is 82.3 Å². The summed E-state index contributed by atoms with van der Waals surface area (Å²) in [5.41, 5.74) is 0. The van der Waals surface area contributed by atoms with Crippen LogP contribution in [0.4, 0.5) is 5.82 Å². The third-order valence-electron chi connectivity index (χ3n) is 1.40. The Morgan fingerprint density at radius 1 is 1.69 bits per heavy atom. The summed E-state index contributed by atoms with van der Waals surface area (Å²) in [5.74, 6) is 0.581. The van der Waals surface area contributed by atoms with E-state index in [0.717, 1.165) is 0 Å². The maximum atomic E-state index is 5.91. The molecule has 1 rings (SSSR count). The average molecular weight is 196 g/mol. The summed E-state index contributed by atoms with van der Waals surface area (Å²) < 4.78 is 0. The SMILES string of the molecule is C=NN(C=CC)c1ncccc1Cl. The second kappa shape index (κ2) is 4.62. The minimum atomic E-state index is 0.549. The summed E-state index contributed by atoms with van der Waals surface area (Å²) in [6.45, 7) is 5.31. The number of hydrogen-bond acceptors (Lipinski definition) is 3. The second-order valence-corrected chi connectivity index (χ2v) is 2.68. The minimum Gasteiger partial charge on any atom is -0.236 e. The molecule has 0 fully saturated rings. The van der Waals surface area contributed by atoms with Crippen LogP contribution in [0.3, 0.4) is 0 Å². The standard InChI is InChI=1S/C9H10ClN3/c1-3-7-13(11-2)9-8(10)5-4-6-12-9/h3-7H,2H2,1H3. The lowest BCUT2D eigenvalue weighted by Gasteiger charge is -2.12. The number of halogens is 1. The molecule has 0 unspecified atom stereocenters. The van der Waals surface area contributed by atoms with Gasteiger partial charge >= 0.3 is 0 Å². The Balaban J connectivity index is 3.04. The molecule has 68 valence electrons. The largest absolute Gasteiger partial charge is 0.236 e. The van der Waals surface area contributed by atoms with Gasteiger partial charge < -0.3 is 0 Å². The van der Waals surface area contributed by atoms with Gasteiger partial charge in [-0.15, -0.1) is 0 Å². The van der Waals surface area contributed by atoms with E-state index < -0.39 is 0 Å².